The second-order valence-corrected chi connectivity index (χ2v) is 7.36. The molecule has 0 amide bonds. The second-order valence-electron chi connectivity index (χ2n) is 6.38. The maximum Gasteiger partial charge on any atom is 0.348 e. The Morgan fingerprint density at radius 1 is 1.46 bits per heavy atom. The van der Waals surface area contributed by atoms with E-state index < -0.39 is 5.97 Å². The number of carbonyl (C=O) groups is 1. The number of aromatic nitrogens is 3. The normalized spacial score (nSPS) is 17.3. The Morgan fingerprint density at radius 2 is 2.31 bits per heavy atom. The molecule has 1 aliphatic rings. The van der Waals surface area contributed by atoms with E-state index in [2.05, 4.69) is 32.1 Å². The molecule has 0 spiro atoms. The van der Waals surface area contributed by atoms with E-state index in [4.69, 9.17) is 4.74 Å². The maximum absolute atomic E-state index is 11.7. The number of carboxylic acids is 1. The van der Waals surface area contributed by atoms with Crippen LogP contribution >= 0.6 is 11.3 Å². The standard InChI is InChI=1S/C17H23N5O3S/c1-11-4-3-6-22(10-11)17-21-14(15(26-17)16(23)24)12-8-20-13(9-19-12)18-5-7-25-2/h8-9,11H,3-7,10H2,1-2H3,(H,18,20)(H,23,24)/t11-/m1/s1. The fourth-order valence-electron chi connectivity index (χ4n) is 2.95. The van der Waals surface area contributed by atoms with Crippen molar-refractivity contribution in [2.45, 2.75) is 19.8 Å². The van der Waals surface area contributed by atoms with E-state index >= 15 is 0 Å². The van der Waals surface area contributed by atoms with Crippen molar-refractivity contribution in [2.24, 2.45) is 5.92 Å². The van der Waals surface area contributed by atoms with Gasteiger partial charge in [0.05, 0.1) is 19.0 Å². The van der Waals surface area contributed by atoms with Crippen LogP contribution in [0.1, 0.15) is 29.4 Å². The fraction of sp³-hybridized carbons (Fsp3) is 0.529. The van der Waals surface area contributed by atoms with Crippen molar-refractivity contribution in [3.63, 3.8) is 0 Å². The summed E-state index contributed by atoms with van der Waals surface area (Å²) in [6, 6.07) is 0. The zero-order chi connectivity index (χ0) is 18.5. The van der Waals surface area contributed by atoms with Gasteiger partial charge in [-0.1, -0.05) is 18.3 Å². The lowest BCUT2D eigenvalue weighted by Gasteiger charge is -2.30. The highest BCUT2D eigenvalue weighted by Gasteiger charge is 2.25. The maximum atomic E-state index is 11.7. The number of piperidine rings is 1. The summed E-state index contributed by atoms with van der Waals surface area (Å²) >= 11 is 1.21. The molecule has 0 unspecified atom stereocenters. The summed E-state index contributed by atoms with van der Waals surface area (Å²) in [5.74, 6) is 0.211. The predicted molar refractivity (Wildman–Crippen MR) is 101 cm³/mol. The minimum atomic E-state index is -0.988. The molecule has 1 saturated heterocycles. The first-order chi connectivity index (χ1) is 12.6. The first-order valence-electron chi connectivity index (χ1n) is 8.62. The molecule has 140 valence electrons. The van der Waals surface area contributed by atoms with E-state index in [1.807, 2.05) is 0 Å². The number of methoxy groups -OCH3 is 1. The Bertz CT molecular complexity index is 749. The van der Waals surface area contributed by atoms with Gasteiger partial charge in [0.15, 0.2) is 5.13 Å². The Labute approximate surface area is 156 Å². The summed E-state index contributed by atoms with van der Waals surface area (Å²) in [5.41, 5.74) is 0.846. The number of aromatic carboxylic acids is 1. The summed E-state index contributed by atoms with van der Waals surface area (Å²) in [6.45, 7) is 5.21. The molecule has 26 heavy (non-hydrogen) atoms. The molecule has 0 aliphatic carbocycles. The van der Waals surface area contributed by atoms with E-state index in [0.29, 0.717) is 36.3 Å². The van der Waals surface area contributed by atoms with Crippen molar-refractivity contribution >= 4 is 28.3 Å². The van der Waals surface area contributed by atoms with Crippen LogP contribution in [0, 0.1) is 5.92 Å². The lowest BCUT2D eigenvalue weighted by atomic mass is 10.0. The van der Waals surface area contributed by atoms with Gasteiger partial charge in [-0.05, 0) is 18.8 Å². The summed E-state index contributed by atoms with van der Waals surface area (Å²) in [7, 11) is 1.63. The average molecular weight is 377 g/mol. The van der Waals surface area contributed by atoms with Gasteiger partial charge in [0.1, 0.15) is 22.1 Å². The lowest BCUT2D eigenvalue weighted by Crippen LogP contribution is -2.34. The molecule has 3 rings (SSSR count). The molecule has 0 radical (unpaired) electrons. The van der Waals surface area contributed by atoms with Gasteiger partial charge in [-0.3, -0.25) is 0 Å². The van der Waals surface area contributed by atoms with Gasteiger partial charge in [0.2, 0.25) is 0 Å². The van der Waals surface area contributed by atoms with E-state index in [1.165, 1.54) is 17.8 Å². The van der Waals surface area contributed by atoms with Crippen LogP contribution in [0.3, 0.4) is 0 Å². The minimum Gasteiger partial charge on any atom is -0.477 e. The zero-order valence-electron chi connectivity index (χ0n) is 14.9. The van der Waals surface area contributed by atoms with Gasteiger partial charge >= 0.3 is 5.97 Å². The molecule has 3 heterocycles. The third-order valence-electron chi connectivity index (χ3n) is 4.24. The minimum absolute atomic E-state index is 0.201. The van der Waals surface area contributed by atoms with Gasteiger partial charge in [0, 0.05) is 26.7 Å². The third-order valence-corrected chi connectivity index (χ3v) is 5.35. The predicted octanol–water partition coefficient (Wildman–Crippen LogP) is 2.59. The van der Waals surface area contributed by atoms with Gasteiger partial charge in [0.25, 0.3) is 0 Å². The third kappa shape index (κ3) is 4.28. The summed E-state index contributed by atoms with van der Waals surface area (Å²) in [4.78, 5) is 27.3. The van der Waals surface area contributed by atoms with Gasteiger partial charge in [-0.2, -0.15) is 0 Å². The molecule has 8 nitrogen and oxygen atoms in total. The largest absolute Gasteiger partial charge is 0.477 e. The monoisotopic (exact) mass is 377 g/mol. The number of hydrogen-bond acceptors (Lipinski definition) is 8. The van der Waals surface area contributed by atoms with Crippen molar-refractivity contribution in [3.8, 4) is 11.4 Å². The Balaban J connectivity index is 1.83. The number of nitrogens with zero attached hydrogens (tertiary/aromatic N) is 4. The van der Waals surface area contributed by atoms with Gasteiger partial charge < -0.3 is 20.1 Å². The van der Waals surface area contributed by atoms with Crippen molar-refractivity contribution in [2.75, 3.05) is 43.6 Å². The molecular formula is C17H23N5O3S. The zero-order valence-corrected chi connectivity index (χ0v) is 15.8. The Kier molecular flexibility index (Phi) is 6.00. The molecule has 2 aromatic rings. The van der Waals surface area contributed by atoms with Crippen LogP contribution in [-0.2, 0) is 4.74 Å². The van der Waals surface area contributed by atoms with E-state index in [-0.39, 0.29) is 4.88 Å². The number of rotatable bonds is 7. The quantitative estimate of drug-likeness (QED) is 0.710. The molecule has 0 saturated carbocycles. The molecular weight excluding hydrogens is 354 g/mol. The van der Waals surface area contributed by atoms with Crippen molar-refractivity contribution in [1.29, 1.82) is 0 Å². The molecule has 1 aliphatic heterocycles. The van der Waals surface area contributed by atoms with Crippen LogP contribution in [0.2, 0.25) is 0 Å². The van der Waals surface area contributed by atoms with Crippen LogP contribution in [-0.4, -0.2) is 59.4 Å². The number of anilines is 2. The van der Waals surface area contributed by atoms with Crippen LogP contribution < -0.4 is 10.2 Å². The summed E-state index contributed by atoms with van der Waals surface area (Å²) in [6.07, 6.45) is 5.43. The molecule has 1 fully saturated rings. The fourth-order valence-corrected chi connectivity index (χ4v) is 3.90. The van der Waals surface area contributed by atoms with Gasteiger partial charge in [-0.15, -0.1) is 0 Å². The van der Waals surface area contributed by atoms with Crippen LogP contribution in [0.25, 0.3) is 11.4 Å². The van der Waals surface area contributed by atoms with Crippen LogP contribution in [0.4, 0.5) is 10.9 Å². The number of carboxylic acid groups (broad SMARTS) is 1. The topological polar surface area (TPSA) is 100 Å². The number of thiazole rings is 1. The molecule has 2 N–H and O–H groups in total. The van der Waals surface area contributed by atoms with Crippen LogP contribution in [0.15, 0.2) is 12.4 Å². The molecule has 9 heteroatoms. The Morgan fingerprint density at radius 3 is 2.96 bits per heavy atom. The molecule has 0 bridgehead atoms. The number of ether oxygens (including phenoxy) is 1. The SMILES string of the molecule is COCCNc1cnc(-c2nc(N3CCC[C@@H](C)C3)sc2C(=O)O)cn1. The van der Waals surface area contributed by atoms with E-state index in [1.54, 1.807) is 19.5 Å². The number of nitrogens with one attached hydrogen (secondary N) is 1. The van der Waals surface area contributed by atoms with E-state index in [9.17, 15) is 9.90 Å². The lowest BCUT2D eigenvalue weighted by molar-refractivity contribution is 0.0702. The highest BCUT2D eigenvalue weighted by molar-refractivity contribution is 7.17. The molecule has 1 atom stereocenters. The molecule has 0 aromatic carbocycles. The summed E-state index contributed by atoms with van der Waals surface area (Å²) in [5, 5.41) is 13.4. The van der Waals surface area contributed by atoms with Crippen LogP contribution in [0.5, 0.6) is 0 Å². The first kappa shape index (κ1) is 18.5. The highest BCUT2D eigenvalue weighted by atomic mass is 32.1. The van der Waals surface area contributed by atoms with Crippen molar-refractivity contribution in [1.82, 2.24) is 15.0 Å². The smallest absolute Gasteiger partial charge is 0.348 e. The number of hydrogen-bond donors (Lipinski definition) is 2. The second kappa shape index (κ2) is 8.41. The Hall–Kier alpha value is -2.26. The van der Waals surface area contributed by atoms with Crippen molar-refractivity contribution in [3.05, 3.63) is 17.3 Å². The first-order valence-corrected chi connectivity index (χ1v) is 9.44. The van der Waals surface area contributed by atoms with E-state index in [0.717, 1.165) is 24.6 Å². The van der Waals surface area contributed by atoms with Crippen molar-refractivity contribution < 1.29 is 14.6 Å². The summed E-state index contributed by atoms with van der Waals surface area (Å²) < 4.78 is 4.98. The highest BCUT2D eigenvalue weighted by Crippen LogP contribution is 2.34. The van der Waals surface area contributed by atoms with Gasteiger partial charge in [-0.25, -0.2) is 19.7 Å². The molecule has 2 aromatic heterocycles. The average Bonchev–Trinajstić information content (AvgIpc) is 3.08.